The molecule has 2 N–H and O–H groups in total. The molecule has 4 heteroatoms. The molecule has 0 aliphatic rings. The van der Waals surface area contributed by atoms with Gasteiger partial charge in [-0.3, -0.25) is 4.79 Å². The first-order chi connectivity index (χ1) is 6.57. The van der Waals surface area contributed by atoms with Crippen LogP contribution in [0, 0.1) is 11.8 Å². The lowest BCUT2D eigenvalue weighted by Crippen LogP contribution is -2.32. The molecule has 0 rings (SSSR count). The van der Waals surface area contributed by atoms with Crippen molar-refractivity contribution in [2.45, 2.75) is 34.1 Å². The molecule has 0 saturated heterocycles. The van der Waals surface area contributed by atoms with Gasteiger partial charge in [-0.05, 0) is 18.4 Å². The first-order valence-electron chi connectivity index (χ1n) is 5.55. The van der Waals surface area contributed by atoms with Crippen LogP contribution < -0.4 is 10.6 Å². The summed E-state index contributed by atoms with van der Waals surface area (Å²) >= 11 is 0. The summed E-state index contributed by atoms with van der Waals surface area (Å²) in [4.78, 5) is 11.4. The Morgan fingerprint density at radius 3 is 2.27 bits per heavy atom. The molecule has 0 radical (unpaired) electrons. The summed E-state index contributed by atoms with van der Waals surface area (Å²) < 4.78 is 0. The Hall–Kier alpha value is -0.280. The Balaban J connectivity index is 0. The molecule has 0 fully saturated rings. The molecule has 0 heterocycles. The van der Waals surface area contributed by atoms with Gasteiger partial charge in [0.15, 0.2) is 0 Å². The molecule has 0 spiro atoms. The third-order valence-corrected chi connectivity index (χ3v) is 2.52. The molecule has 0 aliphatic heterocycles. The maximum Gasteiger partial charge on any atom is 0.220 e. The van der Waals surface area contributed by atoms with Crippen LogP contribution in [0.25, 0.3) is 0 Å². The predicted molar refractivity (Wildman–Crippen MR) is 67.4 cm³/mol. The molecule has 1 unspecified atom stereocenters. The van der Waals surface area contributed by atoms with E-state index >= 15 is 0 Å². The third-order valence-electron chi connectivity index (χ3n) is 2.52. The van der Waals surface area contributed by atoms with Gasteiger partial charge in [0.05, 0.1) is 0 Å². The van der Waals surface area contributed by atoms with Crippen LogP contribution in [0.3, 0.4) is 0 Å². The molecule has 3 nitrogen and oxygen atoms in total. The van der Waals surface area contributed by atoms with Crippen molar-refractivity contribution < 1.29 is 4.79 Å². The highest BCUT2D eigenvalue weighted by Crippen LogP contribution is 2.13. The summed E-state index contributed by atoms with van der Waals surface area (Å²) in [7, 11) is 0. The van der Waals surface area contributed by atoms with E-state index in [2.05, 4.69) is 38.3 Å². The zero-order valence-electron chi connectivity index (χ0n) is 10.3. The molecule has 15 heavy (non-hydrogen) atoms. The Bertz CT molecular complexity index is 163. The molecule has 1 amide bonds. The second-order valence-corrected chi connectivity index (χ2v) is 4.13. The van der Waals surface area contributed by atoms with Crippen LogP contribution >= 0.6 is 12.4 Å². The van der Waals surface area contributed by atoms with Crippen molar-refractivity contribution >= 4 is 18.3 Å². The van der Waals surface area contributed by atoms with Gasteiger partial charge in [0, 0.05) is 19.5 Å². The molecule has 0 bridgehead atoms. The number of carbonyl (C=O) groups is 1. The van der Waals surface area contributed by atoms with E-state index in [1.165, 1.54) is 0 Å². The fourth-order valence-electron chi connectivity index (χ4n) is 1.07. The maximum absolute atomic E-state index is 11.4. The topological polar surface area (TPSA) is 41.1 Å². The van der Waals surface area contributed by atoms with Crippen LogP contribution in [0.5, 0.6) is 0 Å². The molecular weight excluding hydrogens is 212 g/mol. The number of hydrogen-bond acceptors (Lipinski definition) is 2. The maximum atomic E-state index is 11.4. The summed E-state index contributed by atoms with van der Waals surface area (Å²) in [5.41, 5.74) is 0. The van der Waals surface area contributed by atoms with E-state index in [1.807, 2.05) is 0 Å². The van der Waals surface area contributed by atoms with Crippen molar-refractivity contribution in [2.75, 3.05) is 19.6 Å². The molecule has 0 aliphatic carbocycles. The average Bonchev–Trinajstić information content (AvgIpc) is 2.12. The van der Waals surface area contributed by atoms with Crippen molar-refractivity contribution in [3.05, 3.63) is 0 Å². The minimum absolute atomic E-state index is 0. The number of rotatable bonds is 7. The Morgan fingerprint density at radius 2 is 1.80 bits per heavy atom. The van der Waals surface area contributed by atoms with E-state index in [0.717, 1.165) is 19.6 Å². The van der Waals surface area contributed by atoms with Crippen LogP contribution in [-0.2, 0) is 4.79 Å². The lowest BCUT2D eigenvalue weighted by atomic mass is 9.94. The van der Waals surface area contributed by atoms with Gasteiger partial charge in [0.1, 0.15) is 0 Å². The highest BCUT2D eigenvalue weighted by Gasteiger charge is 2.11. The lowest BCUT2D eigenvalue weighted by molar-refractivity contribution is -0.122. The van der Waals surface area contributed by atoms with Crippen LogP contribution in [0.2, 0.25) is 0 Å². The quantitative estimate of drug-likeness (QED) is 0.662. The van der Waals surface area contributed by atoms with E-state index in [-0.39, 0.29) is 18.3 Å². The highest BCUT2D eigenvalue weighted by atomic mass is 35.5. The molecular formula is C11H25ClN2O. The third kappa shape index (κ3) is 10.0. The first kappa shape index (κ1) is 17.1. The summed E-state index contributed by atoms with van der Waals surface area (Å²) in [6.45, 7) is 11.0. The van der Waals surface area contributed by atoms with Crippen molar-refractivity contribution in [1.29, 1.82) is 0 Å². The summed E-state index contributed by atoms with van der Waals surface area (Å²) in [5.74, 6) is 1.22. The van der Waals surface area contributed by atoms with Gasteiger partial charge in [-0.15, -0.1) is 12.4 Å². The minimum atomic E-state index is 0. The van der Waals surface area contributed by atoms with E-state index < -0.39 is 0 Å². The van der Waals surface area contributed by atoms with Gasteiger partial charge in [-0.1, -0.05) is 27.7 Å². The van der Waals surface area contributed by atoms with Gasteiger partial charge in [0.2, 0.25) is 5.91 Å². The number of halogens is 1. The number of likely N-dealkylation sites (N-methyl/N-ethyl adjacent to an activating group) is 1. The second kappa shape index (κ2) is 10.2. The zero-order valence-corrected chi connectivity index (χ0v) is 11.1. The van der Waals surface area contributed by atoms with E-state index in [4.69, 9.17) is 0 Å². The largest absolute Gasteiger partial charge is 0.355 e. The van der Waals surface area contributed by atoms with Crippen LogP contribution in [0.1, 0.15) is 34.1 Å². The molecule has 0 aromatic rings. The monoisotopic (exact) mass is 236 g/mol. The first-order valence-corrected chi connectivity index (χ1v) is 5.55. The SMILES string of the molecule is CCNCCNC(=O)CC(C)C(C)C.Cl. The number of amides is 1. The summed E-state index contributed by atoms with van der Waals surface area (Å²) in [6.07, 6.45) is 0.643. The smallest absolute Gasteiger partial charge is 0.220 e. The Morgan fingerprint density at radius 1 is 1.20 bits per heavy atom. The summed E-state index contributed by atoms with van der Waals surface area (Å²) in [6, 6.07) is 0. The molecule has 92 valence electrons. The molecule has 0 aromatic heterocycles. The highest BCUT2D eigenvalue weighted by molar-refractivity contribution is 5.85. The molecule has 1 atom stereocenters. The minimum Gasteiger partial charge on any atom is -0.355 e. The lowest BCUT2D eigenvalue weighted by Gasteiger charge is -2.14. The fourth-order valence-corrected chi connectivity index (χ4v) is 1.07. The van der Waals surface area contributed by atoms with Gasteiger partial charge in [-0.25, -0.2) is 0 Å². The fraction of sp³-hybridized carbons (Fsp3) is 0.909. The van der Waals surface area contributed by atoms with E-state index in [1.54, 1.807) is 0 Å². The summed E-state index contributed by atoms with van der Waals surface area (Å²) in [5, 5.41) is 6.07. The van der Waals surface area contributed by atoms with Crippen molar-refractivity contribution in [3.8, 4) is 0 Å². The molecule has 0 aromatic carbocycles. The van der Waals surface area contributed by atoms with E-state index in [9.17, 15) is 4.79 Å². The van der Waals surface area contributed by atoms with Crippen molar-refractivity contribution in [1.82, 2.24) is 10.6 Å². The van der Waals surface area contributed by atoms with Crippen LogP contribution in [-0.4, -0.2) is 25.5 Å². The number of hydrogen-bond donors (Lipinski definition) is 2. The van der Waals surface area contributed by atoms with Gasteiger partial charge in [0.25, 0.3) is 0 Å². The van der Waals surface area contributed by atoms with Crippen LogP contribution in [0.4, 0.5) is 0 Å². The normalized spacial score (nSPS) is 12.1. The van der Waals surface area contributed by atoms with Crippen LogP contribution in [0.15, 0.2) is 0 Å². The van der Waals surface area contributed by atoms with Crippen molar-refractivity contribution in [3.63, 3.8) is 0 Å². The zero-order chi connectivity index (χ0) is 11.0. The number of carbonyl (C=O) groups excluding carboxylic acids is 1. The van der Waals surface area contributed by atoms with Gasteiger partial charge < -0.3 is 10.6 Å². The molecule has 0 saturated carbocycles. The average molecular weight is 237 g/mol. The van der Waals surface area contributed by atoms with E-state index in [0.29, 0.717) is 18.3 Å². The van der Waals surface area contributed by atoms with Gasteiger partial charge >= 0.3 is 0 Å². The second-order valence-electron chi connectivity index (χ2n) is 4.13. The predicted octanol–water partition coefficient (Wildman–Crippen LogP) is 1.82. The Labute approximate surface area is 99.8 Å². The van der Waals surface area contributed by atoms with Gasteiger partial charge in [-0.2, -0.15) is 0 Å². The number of nitrogens with one attached hydrogen (secondary N) is 2. The van der Waals surface area contributed by atoms with Crippen molar-refractivity contribution in [2.24, 2.45) is 11.8 Å². The standard InChI is InChI=1S/C11H24N2O.ClH/c1-5-12-6-7-13-11(14)8-10(4)9(2)3;/h9-10,12H,5-8H2,1-4H3,(H,13,14);1H. The Kier molecular flexibility index (Phi) is 11.7.